The van der Waals surface area contributed by atoms with Gasteiger partial charge in [0.2, 0.25) is 0 Å². The Morgan fingerprint density at radius 3 is 2.58 bits per heavy atom. The molecule has 1 aromatic heterocycles. The second-order valence-electron chi connectivity index (χ2n) is 5.83. The number of nitrogens with zero attached hydrogens (tertiary/aromatic N) is 2. The lowest BCUT2D eigenvalue weighted by molar-refractivity contribution is -0.253. The molecule has 8 heteroatoms. The number of aromatic nitrogens is 1. The molecule has 2 heterocycles. The first kappa shape index (κ1) is 16.5. The molecule has 1 N–H and O–H groups in total. The summed E-state index contributed by atoms with van der Waals surface area (Å²) in [6.07, 6.45) is -5.33. The SMILES string of the molecule is Cc1onc(-c2ccccc2)c1C(=O)N1CC[C@@](O)(C(F)(F)F)C1. The van der Waals surface area contributed by atoms with E-state index in [1.54, 1.807) is 30.3 Å². The fourth-order valence-corrected chi connectivity index (χ4v) is 2.77. The van der Waals surface area contributed by atoms with Crippen LogP contribution >= 0.6 is 0 Å². The highest BCUT2D eigenvalue weighted by Crippen LogP contribution is 2.38. The monoisotopic (exact) mass is 340 g/mol. The molecule has 1 fully saturated rings. The van der Waals surface area contributed by atoms with Crippen LogP contribution < -0.4 is 0 Å². The Kier molecular flexibility index (Phi) is 3.87. The van der Waals surface area contributed by atoms with E-state index in [9.17, 15) is 23.1 Å². The molecule has 0 radical (unpaired) electrons. The second-order valence-corrected chi connectivity index (χ2v) is 5.83. The number of likely N-dealkylation sites (tertiary alicyclic amines) is 1. The number of rotatable bonds is 2. The maximum Gasteiger partial charge on any atom is 0.419 e. The summed E-state index contributed by atoms with van der Waals surface area (Å²) in [7, 11) is 0. The Morgan fingerprint density at radius 1 is 1.33 bits per heavy atom. The van der Waals surface area contributed by atoms with E-state index in [1.165, 1.54) is 6.92 Å². The lowest BCUT2D eigenvalue weighted by Crippen LogP contribution is -2.48. The maximum atomic E-state index is 12.9. The van der Waals surface area contributed by atoms with Crippen molar-refractivity contribution >= 4 is 5.91 Å². The van der Waals surface area contributed by atoms with Crippen LogP contribution in [0.5, 0.6) is 0 Å². The number of hydrogen-bond acceptors (Lipinski definition) is 4. The molecule has 1 atom stereocenters. The van der Waals surface area contributed by atoms with Gasteiger partial charge in [0.25, 0.3) is 5.91 Å². The molecule has 0 aliphatic carbocycles. The number of benzene rings is 1. The highest BCUT2D eigenvalue weighted by atomic mass is 19.4. The van der Waals surface area contributed by atoms with E-state index in [0.29, 0.717) is 5.56 Å². The number of β-amino-alcohol motifs (C(OH)–C–C–N with tert-alkyl or cyclic N) is 1. The van der Waals surface area contributed by atoms with E-state index < -0.39 is 30.7 Å². The van der Waals surface area contributed by atoms with Gasteiger partial charge >= 0.3 is 6.18 Å². The Bertz CT molecular complexity index is 758. The van der Waals surface area contributed by atoms with Crippen LogP contribution in [0.25, 0.3) is 11.3 Å². The van der Waals surface area contributed by atoms with Crippen molar-refractivity contribution in [3.63, 3.8) is 0 Å². The van der Waals surface area contributed by atoms with Crippen LogP contribution in [0.15, 0.2) is 34.9 Å². The summed E-state index contributed by atoms with van der Waals surface area (Å²) in [6.45, 7) is 0.542. The van der Waals surface area contributed by atoms with Crippen molar-refractivity contribution in [1.82, 2.24) is 10.1 Å². The van der Waals surface area contributed by atoms with E-state index in [-0.39, 0.29) is 23.6 Å². The fourth-order valence-electron chi connectivity index (χ4n) is 2.77. The van der Waals surface area contributed by atoms with Crippen LogP contribution in [-0.4, -0.2) is 45.9 Å². The molecule has 1 amide bonds. The van der Waals surface area contributed by atoms with Gasteiger partial charge in [-0.2, -0.15) is 13.2 Å². The number of amides is 1. The minimum absolute atomic E-state index is 0.118. The molecule has 1 aliphatic rings. The number of aliphatic hydroxyl groups is 1. The minimum atomic E-state index is -4.78. The maximum absolute atomic E-state index is 12.9. The summed E-state index contributed by atoms with van der Waals surface area (Å²) >= 11 is 0. The highest BCUT2D eigenvalue weighted by Gasteiger charge is 2.58. The molecule has 3 rings (SSSR count). The van der Waals surface area contributed by atoms with Crippen LogP contribution in [0.1, 0.15) is 22.5 Å². The van der Waals surface area contributed by atoms with Gasteiger partial charge in [-0.1, -0.05) is 35.5 Å². The molecule has 0 unspecified atom stereocenters. The Morgan fingerprint density at radius 2 is 2.00 bits per heavy atom. The summed E-state index contributed by atoms with van der Waals surface area (Å²) in [4.78, 5) is 13.7. The quantitative estimate of drug-likeness (QED) is 0.913. The number of aryl methyl sites for hydroxylation is 1. The van der Waals surface area contributed by atoms with Crippen molar-refractivity contribution in [2.24, 2.45) is 0 Å². The molecule has 0 spiro atoms. The fraction of sp³-hybridized carbons (Fsp3) is 0.375. The average Bonchev–Trinajstić information content (AvgIpc) is 3.11. The molecule has 0 saturated carbocycles. The molecule has 0 bridgehead atoms. The van der Waals surface area contributed by atoms with Gasteiger partial charge in [-0.15, -0.1) is 0 Å². The third kappa shape index (κ3) is 2.66. The first-order valence-electron chi connectivity index (χ1n) is 7.33. The van der Waals surface area contributed by atoms with E-state index in [4.69, 9.17) is 4.52 Å². The van der Waals surface area contributed by atoms with Crippen LogP contribution in [-0.2, 0) is 0 Å². The number of halogens is 3. The third-order valence-electron chi connectivity index (χ3n) is 4.19. The van der Waals surface area contributed by atoms with Gasteiger partial charge in [0.05, 0.1) is 6.54 Å². The Balaban J connectivity index is 1.91. The zero-order valence-electron chi connectivity index (χ0n) is 12.8. The van der Waals surface area contributed by atoms with Crippen molar-refractivity contribution < 1.29 is 27.6 Å². The summed E-state index contributed by atoms with van der Waals surface area (Å²) in [6, 6.07) is 8.76. The number of carbonyl (C=O) groups excluding carboxylic acids is 1. The Hall–Kier alpha value is -2.35. The van der Waals surface area contributed by atoms with Gasteiger partial charge in [0, 0.05) is 18.5 Å². The summed E-state index contributed by atoms with van der Waals surface area (Å²) < 4.78 is 43.9. The van der Waals surface area contributed by atoms with Crippen molar-refractivity contribution in [3.05, 3.63) is 41.7 Å². The van der Waals surface area contributed by atoms with Gasteiger partial charge in [-0.3, -0.25) is 4.79 Å². The molecule has 5 nitrogen and oxygen atoms in total. The number of hydrogen-bond donors (Lipinski definition) is 1. The molecule has 1 aliphatic heterocycles. The molecular formula is C16H15F3N2O3. The van der Waals surface area contributed by atoms with Gasteiger partial charge in [-0.05, 0) is 6.92 Å². The van der Waals surface area contributed by atoms with Crippen molar-refractivity contribution in [3.8, 4) is 11.3 Å². The number of alkyl halides is 3. The topological polar surface area (TPSA) is 66.6 Å². The molecule has 1 aromatic carbocycles. The summed E-state index contributed by atoms with van der Waals surface area (Å²) in [5.74, 6) is -0.408. The smallest absolute Gasteiger partial charge is 0.379 e. The molecule has 128 valence electrons. The third-order valence-corrected chi connectivity index (χ3v) is 4.19. The highest BCUT2D eigenvalue weighted by molar-refractivity contribution is 6.01. The van der Waals surface area contributed by atoms with Gasteiger partial charge in [0.15, 0.2) is 5.60 Å². The number of carbonyl (C=O) groups is 1. The van der Waals surface area contributed by atoms with Crippen molar-refractivity contribution in [1.29, 1.82) is 0 Å². The predicted octanol–water partition coefficient (Wildman–Crippen LogP) is 2.79. The first-order chi connectivity index (χ1) is 11.2. The Labute approximate surface area is 135 Å². The van der Waals surface area contributed by atoms with Gasteiger partial charge < -0.3 is 14.5 Å². The average molecular weight is 340 g/mol. The summed E-state index contributed by atoms with van der Waals surface area (Å²) in [5, 5.41) is 13.6. The van der Waals surface area contributed by atoms with Crippen LogP contribution in [0.4, 0.5) is 13.2 Å². The zero-order chi connectivity index (χ0) is 17.5. The first-order valence-corrected chi connectivity index (χ1v) is 7.33. The summed E-state index contributed by atoms with van der Waals surface area (Å²) in [5.41, 5.74) is -1.85. The van der Waals surface area contributed by atoms with Crippen molar-refractivity contribution in [2.45, 2.75) is 25.1 Å². The van der Waals surface area contributed by atoms with Gasteiger partial charge in [-0.25, -0.2) is 0 Å². The standard InChI is InChI=1S/C16H15F3N2O3/c1-10-12(13(20-24-10)11-5-3-2-4-6-11)14(22)21-8-7-15(23,9-21)16(17,18)19/h2-6,23H,7-9H2,1H3/t15-/m0/s1. The van der Waals surface area contributed by atoms with E-state index in [0.717, 1.165) is 4.90 Å². The largest absolute Gasteiger partial charge is 0.419 e. The van der Waals surface area contributed by atoms with E-state index in [2.05, 4.69) is 5.16 Å². The lowest BCUT2D eigenvalue weighted by Gasteiger charge is -2.25. The lowest BCUT2D eigenvalue weighted by atomic mass is 10.0. The van der Waals surface area contributed by atoms with Crippen LogP contribution in [0.3, 0.4) is 0 Å². The molecular weight excluding hydrogens is 325 g/mol. The predicted molar refractivity (Wildman–Crippen MR) is 78.2 cm³/mol. The van der Waals surface area contributed by atoms with Crippen LogP contribution in [0, 0.1) is 6.92 Å². The normalized spacial score (nSPS) is 21.3. The van der Waals surface area contributed by atoms with Crippen molar-refractivity contribution in [2.75, 3.05) is 13.1 Å². The zero-order valence-corrected chi connectivity index (χ0v) is 12.8. The minimum Gasteiger partial charge on any atom is -0.379 e. The van der Waals surface area contributed by atoms with Gasteiger partial charge in [0.1, 0.15) is 17.0 Å². The van der Waals surface area contributed by atoms with E-state index in [1.807, 2.05) is 0 Å². The van der Waals surface area contributed by atoms with Crippen LogP contribution in [0.2, 0.25) is 0 Å². The molecule has 2 aromatic rings. The second kappa shape index (κ2) is 5.62. The molecule has 1 saturated heterocycles. The molecule has 24 heavy (non-hydrogen) atoms. The van der Waals surface area contributed by atoms with E-state index >= 15 is 0 Å².